The number of rotatable bonds is 3. The van der Waals surface area contributed by atoms with Crippen LogP contribution in [-0.4, -0.2) is 22.1 Å². The summed E-state index contributed by atoms with van der Waals surface area (Å²) in [5, 5.41) is 12.2. The van der Waals surface area contributed by atoms with E-state index in [1.54, 1.807) is 12.3 Å². The summed E-state index contributed by atoms with van der Waals surface area (Å²) in [7, 11) is 0. The van der Waals surface area contributed by atoms with Gasteiger partial charge in [-0.2, -0.15) is 0 Å². The molecule has 1 heterocycles. The second kappa shape index (κ2) is 3.88. The van der Waals surface area contributed by atoms with Gasteiger partial charge >= 0.3 is 5.97 Å². The number of nitrogens with one attached hydrogen (secondary N) is 1. The van der Waals surface area contributed by atoms with E-state index < -0.39 is 5.97 Å². The smallest absolute Gasteiger partial charge is 0.339 e. The minimum atomic E-state index is -0.932. The van der Waals surface area contributed by atoms with E-state index in [2.05, 4.69) is 17.2 Å². The van der Waals surface area contributed by atoms with Gasteiger partial charge in [0.15, 0.2) is 0 Å². The van der Waals surface area contributed by atoms with Gasteiger partial charge < -0.3 is 10.4 Å². The molecule has 0 saturated heterocycles. The molecule has 0 atom stereocenters. The number of carboxylic acid groups (broad SMARTS) is 1. The van der Waals surface area contributed by atoms with Gasteiger partial charge in [0, 0.05) is 18.4 Å². The highest BCUT2D eigenvalue weighted by atomic mass is 16.4. The molecular weight excluding hydrogens is 192 g/mol. The van der Waals surface area contributed by atoms with Gasteiger partial charge in [0.25, 0.3) is 0 Å². The molecule has 0 bridgehead atoms. The predicted molar refractivity (Wildman–Crippen MR) is 57.0 cm³/mol. The zero-order chi connectivity index (χ0) is 10.8. The van der Waals surface area contributed by atoms with Gasteiger partial charge in [0.05, 0.1) is 5.69 Å². The Hall–Kier alpha value is -1.58. The first-order valence-electron chi connectivity index (χ1n) is 5.10. The lowest BCUT2D eigenvalue weighted by Gasteiger charge is -2.34. The molecule has 1 aromatic heterocycles. The average molecular weight is 206 g/mol. The van der Waals surface area contributed by atoms with Crippen molar-refractivity contribution in [2.24, 2.45) is 5.92 Å². The molecule has 1 aliphatic rings. The maximum atomic E-state index is 10.9. The fourth-order valence-electron chi connectivity index (χ4n) is 1.93. The predicted octanol–water partition coefficient (Wildman–Crippen LogP) is 1.99. The van der Waals surface area contributed by atoms with E-state index in [1.807, 2.05) is 0 Å². The van der Waals surface area contributed by atoms with Crippen LogP contribution < -0.4 is 5.32 Å². The first-order chi connectivity index (χ1) is 7.16. The minimum Gasteiger partial charge on any atom is -0.478 e. The number of aromatic carboxylic acids is 1. The lowest BCUT2D eigenvalue weighted by molar-refractivity contribution is 0.0697. The van der Waals surface area contributed by atoms with Crippen molar-refractivity contribution in [1.29, 1.82) is 0 Å². The van der Waals surface area contributed by atoms with Gasteiger partial charge in [0.2, 0.25) is 0 Å². The number of anilines is 1. The summed E-state index contributed by atoms with van der Waals surface area (Å²) >= 11 is 0. The lowest BCUT2D eigenvalue weighted by Crippen LogP contribution is -2.34. The van der Waals surface area contributed by atoms with Gasteiger partial charge in [-0.05, 0) is 24.8 Å². The molecule has 4 heteroatoms. The summed E-state index contributed by atoms with van der Waals surface area (Å²) in [6, 6.07) is 2.13. The lowest BCUT2D eigenvalue weighted by atomic mass is 9.82. The van der Waals surface area contributed by atoms with Crippen LogP contribution in [0.4, 0.5) is 5.69 Å². The Morgan fingerprint density at radius 3 is 2.93 bits per heavy atom. The summed E-state index contributed by atoms with van der Waals surface area (Å²) in [4.78, 5) is 14.7. The van der Waals surface area contributed by atoms with Crippen molar-refractivity contribution < 1.29 is 9.90 Å². The highest BCUT2D eigenvalue weighted by Crippen LogP contribution is 2.30. The Morgan fingerprint density at radius 2 is 2.33 bits per heavy atom. The van der Waals surface area contributed by atoms with Crippen LogP contribution in [0.3, 0.4) is 0 Å². The molecule has 1 saturated carbocycles. The molecule has 1 aromatic rings. The zero-order valence-electron chi connectivity index (χ0n) is 8.60. The molecule has 0 aromatic carbocycles. The van der Waals surface area contributed by atoms with Crippen molar-refractivity contribution in [2.45, 2.75) is 25.8 Å². The molecule has 80 valence electrons. The number of aromatic nitrogens is 1. The number of hydrogen-bond donors (Lipinski definition) is 2. The number of hydrogen-bond acceptors (Lipinski definition) is 3. The Balaban J connectivity index is 2.10. The van der Waals surface area contributed by atoms with E-state index in [-0.39, 0.29) is 5.56 Å². The maximum absolute atomic E-state index is 10.9. The van der Waals surface area contributed by atoms with Crippen molar-refractivity contribution in [2.75, 3.05) is 5.32 Å². The Kier molecular flexibility index (Phi) is 2.58. The third kappa shape index (κ3) is 2.09. The van der Waals surface area contributed by atoms with E-state index in [0.29, 0.717) is 11.7 Å². The van der Waals surface area contributed by atoms with Crippen molar-refractivity contribution in [3.05, 3.63) is 24.0 Å². The van der Waals surface area contributed by atoms with Crippen LogP contribution in [0.1, 0.15) is 30.1 Å². The zero-order valence-corrected chi connectivity index (χ0v) is 8.60. The van der Waals surface area contributed by atoms with Gasteiger partial charge in [-0.3, -0.25) is 4.98 Å². The highest BCUT2D eigenvalue weighted by molar-refractivity contribution is 5.93. The van der Waals surface area contributed by atoms with Crippen molar-refractivity contribution in [1.82, 2.24) is 4.98 Å². The molecule has 2 N–H and O–H groups in total. The maximum Gasteiger partial charge on any atom is 0.339 e. The third-order valence-electron chi connectivity index (χ3n) is 2.78. The quantitative estimate of drug-likeness (QED) is 0.793. The van der Waals surface area contributed by atoms with Crippen LogP contribution in [0.2, 0.25) is 0 Å². The SMILES string of the molecule is CC1CC(Nc2ccncc2C(=O)O)C1. The summed E-state index contributed by atoms with van der Waals surface area (Å²) in [5.74, 6) is -0.185. The second-order valence-corrected chi connectivity index (χ2v) is 4.14. The van der Waals surface area contributed by atoms with Gasteiger partial charge in [-0.15, -0.1) is 0 Å². The largest absolute Gasteiger partial charge is 0.478 e. The minimum absolute atomic E-state index is 0.247. The van der Waals surface area contributed by atoms with Crippen molar-refractivity contribution in [3.63, 3.8) is 0 Å². The fourth-order valence-corrected chi connectivity index (χ4v) is 1.93. The summed E-state index contributed by atoms with van der Waals surface area (Å²) in [5.41, 5.74) is 0.923. The summed E-state index contributed by atoms with van der Waals surface area (Å²) in [6.45, 7) is 2.20. The molecule has 1 fully saturated rings. The molecular formula is C11H14N2O2. The van der Waals surface area contributed by atoms with Gasteiger partial charge in [-0.1, -0.05) is 6.92 Å². The van der Waals surface area contributed by atoms with E-state index >= 15 is 0 Å². The number of carboxylic acids is 1. The van der Waals surface area contributed by atoms with Crippen molar-refractivity contribution in [3.8, 4) is 0 Å². The summed E-state index contributed by atoms with van der Waals surface area (Å²) < 4.78 is 0. The molecule has 0 amide bonds. The number of nitrogens with zero attached hydrogens (tertiary/aromatic N) is 1. The number of pyridine rings is 1. The molecule has 0 unspecified atom stereocenters. The third-order valence-corrected chi connectivity index (χ3v) is 2.78. The molecule has 1 aliphatic carbocycles. The van der Waals surface area contributed by atoms with Crippen LogP contribution in [0.25, 0.3) is 0 Å². The normalized spacial score (nSPS) is 24.3. The van der Waals surface area contributed by atoms with E-state index in [0.717, 1.165) is 18.8 Å². The van der Waals surface area contributed by atoms with Crippen LogP contribution in [0.15, 0.2) is 18.5 Å². The molecule has 2 rings (SSSR count). The first kappa shape index (κ1) is 9.96. The van der Waals surface area contributed by atoms with Crippen LogP contribution in [0.5, 0.6) is 0 Å². The van der Waals surface area contributed by atoms with Gasteiger partial charge in [0.1, 0.15) is 5.56 Å². The Bertz CT molecular complexity index is 373. The standard InChI is InChI=1S/C11H14N2O2/c1-7-4-8(5-7)13-10-2-3-12-6-9(10)11(14)15/h2-3,6-8H,4-5H2,1H3,(H,12,13)(H,14,15). The highest BCUT2D eigenvalue weighted by Gasteiger charge is 2.26. The molecule has 0 radical (unpaired) electrons. The van der Waals surface area contributed by atoms with E-state index in [4.69, 9.17) is 5.11 Å². The Labute approximate surface area is 88.3 Å². The first-order valence-corrected chi connectivity index (χ1v) is 5.10. The van der Waals surface area contributed by atoms with E-state index in [1.165, 1.54) is 6.20 Å². The second-order valence-electron chi connectivity index (χ2n) is 4.14. The monoisotopic (exact) mass is 206 g/mol. The number of carbonyl (C=O) groups is 1. The molecule has 4 nitrogen and oxygen atoms in total. The van der Waals surface area contributed by atoms with Crippen LogP contribution >= 0.6 is 0 Å². The molecule has 15 heavy (non-hydrogen) atoms. The van der Waals surface area contributed by atoms with E-state index in [9.17, 15) is 4.79 Å². The molecule has 0 spiro atoms. The van der Waals surface area contributed by atoms with Crippen LogP contribution in [-0.2, 0) is 0 Å². The van der Waals surface area contributed by atoms with Crippen LogP contribution in [0, 0.1) is 5.92 Å². The molecule has 0 aliphatic heterocycles. The average Bonchev–Trinajstić information content (AvgIpc) is 2.16. The fraction of sp³-hybridized carbons (Fsp3) is 0.455. The van der Waals surface area contributed by atoms with Crippen molar-refractivity contribution >= 4 is 11.7 Å². The topological polar surface area (TPSA) is 62.2 Å². The van der Waals surface area contributed by atoms with Gasteiger partial charge in [-0.25, -0.2) is 4.79 Å². The summed E-state index contributed by atoms with van der Waals surface area (Å²) in [6.07, 6.45) is 5.21. The Morgan fingerprint density at radius 1 is 1.60 bits per heavy atom.